The van der Waals surface area contributed by atoms with E-state index in [9.17, 15) is 0 Å². The smallest absolute Gasteiger partial charge is 0.220 e. The Morgan fingerprint density at radius 3 is 1.65 bits per heavy atom. The Morgan fingerprint density at radius 2 is 1.00 bits per heavy atom. The van der Waals surface area contributed by atoms with E-state index in [1.807, 2.05) is 42.5 Å². The van der Waals surface area contributed by atoms with Crippen LogP contribution in [0.4, 0.5) is 0 Å². The van der Waals surface area contributed by atoms with E-state index in [2.05, 4.69) is 211 Å². The Bertz CT molecular complexity index is 3520. The van der Waals surface area contributed by atoms with Gasteiger partial charge in [0.05, 0.1) is 39.1 Å². The average Bonchev–Trinajstić information content (AvgIpc) is 3.91. The molecule has 308 valence electrons. The molecule has 65 heavy (non-hydrogen) atoms. The third kappa shape index (κ3) is 7.25. The minimum Gasteiger partial charge on any atom is -0.277 e. The summed E-state index contributed by atoms with van der Waals surface area (Å²) in [5, 5.41) is 0. The van der Waals surface area contributed by atoms with Crippen molar-refractivity contribution < 1.29 is 0 Å². The Morgan fingerprint density at radius 1 is 0.462 bits per heavy atom. The molecule has 0 spiro atoms. The number of nitrogens with zero attached hydrogens (tertiary/aromatic N) is 5. The molecule has 0 radical (unpaired) electrons. The van der Waals surface area contributed by atoms with Crippen LogP contribution in [0.2, 0.25) is 0 Å². The first-order valence-electron chi connectivity index (χ1n) is 21.9. The molecule has 0 amide bonds. The van der Waals surface area contributed by atoms with E-state index in [4.69, 9.17) is 15.0 Å². The molecule has 0 unspecified atom stereocenters. The monoisotopic (exact) mass is 833 g/mol. The van der Waals surface area contributed by atoms with Crippen LogP contribution in [0.3, 0.4) is 0 Å². The summed E-state index contributed by atoms with van der Waals surface area (Å²) < 4.78 is 4.69. The van der Waals surface area contributed by atoms with Crippen LogP contribution < -0.4 is 0 Å². The van der Waals surface area contributed by atoms with Gasteiger partial charge < -0.3 is 0 Å². The van der Waals surface area contributed by atoms with E-state index in [1.54, 1.807) is 0 Å². The van der Waals surface area contributed by atoms with Gasteiger partial charge in [-0.1, -0.05) is 207 Å². The Labute approximate surface area is 378 Å². The van der Waals surface area contributed by atoms with Crippen molar-refractivity contribution in [2.75, 3.05) is 0 Å². The normalized spacial score (nSPS) is 11.9. The molecule has 11 aromatic rings. The quantitative estimate of drug-likeness (QED) is 0.129. The maximum absolute atomic E-state index is 5.45. The summed E-state index contributed by atoms with van der Waals surface area (Å²) in [5.74, 6) is 1.53. The number of para-hydroxylation sites is 1. The second-order valence-corrected chi connectivity index (χ2v) is 16.1. The molecule has 0 aliphatic heterocycles. The number of hydrogen-bond donors (Lipinski definition) is 0. The first-order chi connectivity index (χ1) is 32.1. The van der Waals surface area contributed by atoms with Gasteiger partial charge in [-0.05, 0) is 70.6 Å². The zero-order valence-corrected chi connectivity index (χ0v) is 35.9. The molecule has 0 bridgehead atoms. The third-order valence-electron chi connectivity index (χ3n) is 12.0. The molecular formula is C60H43N5. The molecule has 5 heteroatoms. The Hall–Kier alpha value is -8.67. The van der Waals surface area contributed by atoms with Crippen molar-refractivity contribution in [1.29, 1.82) is 0 Å². The van der Waals surface area contributed by atoms with Crippen LogP contribution in [0.5, 0.6) is 0 Å². The van der Waals surface area contributed by atoms with Gasteiger partial charge in [0.1, 0.15) is 0 Å². The first kappa shape index (κ1) is 39.2. The number of rotatable bonds is 10. The highest BCUT2D eigenvalue weighted by Gasteiger charge is 2.24. The largest absolute Gasteiger partial charge is 0.277 e. The summed E-state index contributed by atoms with van der Waals surface area (Å²) in [6, 6.07) is 72.5. The highest BCUT2D eigenvalue weighted by atomic mass is 15.2. The van der Waals surface area contributed by atoms with Gasteiger partial charge in [0.25, 0.3) is 0 Å². The highest BCUT2D eigenvalue weighted by molar-refractivity contribution is 5.98. The zero-order valence-electron chi connectivity index (χ0n) is 35.9. The first-order valence-corrected chi connectivity index (χ1v) is 21.9. The summed E-state index contributed by atoms with van der Waals surface area (Å²) in [7, 11) is 0. The van der Waals surface area contributed by atoms with Gasteiger partial charge in [0.15, 0.2) is 5.82 Å². The average molecular weight is 834 g/mol. The SMILES string of the molecule is C=C/C=C(\C=C/C)c1cccc(-c2ccccc2)c1-n1c2ccc(-c3ccc(-c4cc(-c5ccccc5)nc(-c5ccccc5)n4)cc3)cc2n2c3cc(-c4ccccc4)ccc3nc12. The molecule has 3 aromatic heterocycles. The molecule has 5 nitrogen and oxygen atoms in total. The van der Waals surface area contributed by atoms with Crippen LogP contribution in [-0.4, -0.2) is 23.9 Å². The van der Waals surface area contributed by atoms with Crippen molar-refractivity contribution in [3.8, 4) is 73.0 Å². The number of aromatic nitrogens is 5. The van der Waals surface area contributed by atoms with Crippen LogP contribution in [-0.2, 0) is 0 Å². The minimum absolute atomic E-state index is 0.697. The molecular weight excluding hydrogens is 791 g/mol. The van der Waals surface area contributed by atoms with Crippen LogP contribution >= 0.6 is 0 Å². The van der Waals surface area contributed by atoms with Crippen molar-refractivity contribution in [1.82, 2.24) is 23.9 Å². The van der Waals surface area contributed by atoms with E-state index in [-0.39, 0.29) is 0 Å². The van der Waals surface area contributed by atoms with Gasteiger partial charge in [-0.15, -0.1) is 0 Å². The fourth-order valence-electron chi connectivity index (χ4n) is 8.97. The number of benzene rings is 8. The lowest BCUT2D eigenvalue weighted by molar-refractivity contribution is 1.10. The van der Waals surface area contributed by atoms with Crippen molar-refractivity contribution in [2.45, 2.75) is 6.92 Å². The molecule has 0 N–H and O–H groups in total. The molecule has 0 saturated carbocycles. The van der Waals surface area contributed by atoms with Gasteiger partial charge in [0.2, 0.25) is 5.78 Å². The summed E-state index contributed by atoms with van der Waals surface area (Å²) >= 11 is 0. The van der Waals surface area contributed by atoms with E-state index in [0.29, 0.717) is 5.82 Å². The molecule has 0 aliphatic rings. The van der Waals surface area contributed by atoms with E-state index in [1.165, 1.54) is 0 Å². The minimum atomic E-state index is 0.697. The lowest BCUT2D eigenvalue weighted by Gasteiger charge is -2.18. The van der Waals surface area contributed by atoms with Gasteiger partial charge in [-0.3, -0.25) is 8.97 Å². The maximum Gasteiger partial charge on any atom is 0.220 e. The predicted molar refractivity (Wildman–Crippen MR) is 271 cm³/mol. The van der Waals surface area contributed by atoms with E-state index in [0.717, 1.165) is 106 Å². The summed E-state index contributed by atoms with van der Waals surface area (Å²) in [6.07, 6.45) is 8.18. The zero-order chi connectivity index (χ0) is 43.7. The van der Waals surface area contributed by atoms with Gasteiger partial charge in [-0.25, -0.2) is 15.0 Å². The van der Waals surface area contributed by atoms with Crippen LogP contribution in [0.15, 0.2) is 237 Å². The van der Waals surface area contributed by atoms with Crippen LogP contribution in [0, 0.1) is 0 Å². The van der Waals surface area contributed by atoms with Gasteiger partial charge in [-0.2, -0.15) is 0 Å². The summed E-state index contributed by atoms with van der Waals surface area (Å²) in [6.45, 7) is 6.15. The van der Waals surface area contributed by atoms with Gasteiger partial charge in [0, 0.05) is 27.8 Å². The molecule has 0 saturated heterocycles. The van der Waals surface area contributed by atoms with Crippen LogP contribution in [0.1, 0.15) is 12.5 Å². The molecule has 0 atom stereocenters. The molecule has 8 aromatic carbocycles. The number of hydrogen-bond acceptors (Lipinski definition) is 3. The fraction of sp³-hybridized carbons (Fsp3) is 0.0167. The van der Waals surface area contributed by atoms with Gasteiger partial charge >= 0.3 is 0 Å². The van der Waals surface area contributed by atoms with Crippen LogP contribution in [0.25, 0.3) is 106 Å². The summed E-state index contributed by atoms with van der Waals surface area (Å²) in [4.78, 5) is 15.6. The third-order valence-corrected chi connectivity index (χ3v) is 12.0. The Kier molecular flexibility index (Phi) is 10.2. The standard InChI is InChI=1S/C60H43N5/c1-3-18-43(19-4-2)50-28-17-29-51(44-22-11-6-12-23-44)58(50)65-55-37-35-49(39-57(55)64-56-38-48(41-20-9-5-10-21-41)34-36-52(56)63-60(64)65)42-30-32-46(33-31-42)54-40-53(45-24-13-7-14-25-45)61-59(62-54)47-26-15-8-16-27-47/h3-40H,1H2,2H3/b19-4-,43-18+. The second-order valence-electron chi connectivity index (χ2n) is 16.1. The summed E-state index contributed by atoms with van der Waals surface area (Å²) in [5.41, 5.74) is 18.8. The molecule has 0 aliphatic carbocycles. The van der Waals surface area contributed by atoms with E-state index >= 15 is 0 Å². The topological polar surface area (TPSA) is 48.0 Å². The molecule has 3 heterocycles. The van der Waals surface area contributed by atoms with Crippen molar-refractivity contribution >= 4 is 33.4 Å². The fourth-order valence-corrected chi connectivity index (χ4v) is 8.97. The van der Waals surface area contributed by atoms with Crippen molar-refractivity contribution in [3.63, 3.8) is 0 Å². The molecule has 11 rings (SSSR count). The molecule has 0 fully saturated rings. The Balaban J connectivity index is 1.12. The lowest BCUT2D eigenvalue weighted by atomic mass is 9.95. The number of fused-ring (bicyclic) bond motifs is 5. The van der Waals surface area contributed by atoms with Crippen molar-refractivity contribution in [3.05, 3.63) is 243 Å². The predicted octanol–water partition coefficient (Wildman–Crippen LogP) is 15.4. The second kappa shape index (κ2) is 16.9. The number of allylic oxidation sites excluding steroid dienone is 5. The maximum atomic E-state index is 5.45. The van der Waals surface area contributed by atoms with E-state index < -0.39 is 0 Å². The lowest BCUT2D eigenvalue weighted by Crippen LogP contribution is -2.03. The number of imidazole rings is 2. The highest BCUT2D eigenvalue weighted by Crippen LogP contribution is 2.41. The van der Waals surface area contributed by atoms with Crippen molar-refractivity contribution in [2.24, 2.45) is 0 Å².